The smallest absolute Gasteiger partial charge is 0.414 e. The molecule has 0 aliphatic carbocycles. The number of cyclic esters (lactones) is 1. The number of carbonyl (C=O) groups excluding carboxylic acids is 1. The van der Waals surface area contributed by atoms with Crippen molar-refractivity contribution in [2.45, 2.75) is 6.54 Å². The van der Waals surface area contributed by atoms with Crippen LogP contribution >= 0.6 is 11.6 Å². The molecule has 1 fully saturated rings. The van der Waals surface area contributed by atoms with E-state index in [1.165, 1.54) is 0 Å². The first-order valence-electron chi connectivity index (χ1n) is 4.65. The molecule has 4 nitrogen and oxygen atoms in total. The highest BCUT2D eigenvalue weighted by molar-refractivity contribution is 6.30. The van der Waals surface area contributed by atoms with Gasteiger partial charge in [0.1, 0.15) is 6.61 Å². The number of nitrogens with zero attached hydrogens (tertiary/aromatic N) is 1. The summed E-state index contributed by atoms with van der Waals surface area (Å²) in [5.74, 6) is 0. The van der Waals surface area contributed by atoms with Gasteiger partial charge in [-0.05, 0) is 23.8 Å². The Hall–Kier alpha value is -1.26. The molecule has 1 aromatic rings. The van der Waals surface area contributed by atoms with E-state index >= 15 is 0 Å². The molecule has 0 bridgehead atoms. The first-order chi connectivity index (χ1) is 7.22. The van der Waals surface area contributed by atoms with Crippen LogP contribution in [0.2, 0.25) is 5.02 Å². The lowest BCUT2D eigenvalue weighted by atomic mass is 10.1. The molecule has 1 amide bonds. The van der Waals surface area contributed by atoms with E-state index < -0.39 is 0 Å². The van der Waals surface area contributed by atoms with E-state index in [9.17, 15) is 4.79 Å². The minimum Gasteiger partial charge on any atom is -0.447 e. The number of ether oxygens (including phenoxy) is 1. The molecule has 0 unspecified atom stereocenters. The Labute approximate surface area is 92.6 Å². The summed E-state index contributed by atoms with van der Waals surface area (Å²) in [5, 5.41) is 0.617. The molecule has 2 N–H and O–H groups in total. The van der Waals surface area contributed by atoms with Crippen LogP contribution in [-0.4, -0.2) is 19.2 Å². The number of hydrogen-bond acceptors (Lipinski definition) is 3. The monoisotopic (exact) mass is 226 g/mol. The van der Waals surface area contributed by atoms with E-state index in [0.29, 0.717) is 24.7 Å². The van der Waals surface area contributed by atoms with Crippen LogP contribution in [0.4, 0.5) is 10.5 Å². The lowest BCUT2D eigenvalue weighted by Crippen LogP contribution is -2.25. The molecule has 0 saturated carbocycles. The Bertz CT molecular complexity index is 395. The molecule has 15 heavy (non-hydrogen) atoms. The van der Waals surface area contributed by atoms with Gasteiger partial charge in [-0.25, -0.2) is 4.79 Å². The summed E-state index contributed by atoms with van der Waals surface area (Å²) in [6.07, 6.45) is -0.327. The second kappa shape index (κ2) is 4.08. The number of nitrogens with two attached hydrogens (primary N) is 1. The van der Waals surface area contributed by atoms with Crippen molar-refractivity contribution in [3.63, 3.8) is 0 Å². The third-order valence-electron chi connectivity index (χ3n) is 2.31. The summed E-state index contributed by atoms with van der Waals surface area (Å²) in [5.41, 5.74) is 7.23. The molecule has 2 rings (SSSR count). The Balaban J connectivity index is 2.38. The zero-order valence-electron chi connectivity index (χ0n) is 8.07. The summed E-state index contributed by atoms with van der Waals surface area (Å²) in [7, 11) is 0. The van der Waals surface area contributed by atoms with Gasteiger partial charge < -0.3 is 10.5 Å². The summed E-state index contributed by atoms with van der Waals surface area (Å²) >= 11 is 5.85. The fourth-order valence-electron chi connectivity index (χ4n) is 1.59. The van der Waals surface area contributed by atoms with E-state index in [4.69, 9.17) is 22.1 Å². The summed E-state index contributed by atoms with van der Waals surface area (Å²) < 4.78 is 4.86. The predicted molar refractivity (Wildman–Crippen MR) is 58.0 cm³/mol. The Morgan fingerprint density at radius 3 is 2.93 bits per heavy atom. The van der Waals surface area contributed by atoms with Crippen LogP contribution in [-0.2, 0) is 11.3 Å². The van der Waals surface area contributed by atoms with Gasteiger partial charge in [0.05, 0.1) is 12.2 Å². The minimum absolute atomic E-state index is 0.327. The third kappa shape index (κ3) is 1.91. The van der Waals surface area contributed by atoms with Crippen LogP contribution in [0.1, 0.15) is 5.56 Å². The van der Waals surface area contributed by atoms with Gasteiger partial charge in [-0.15, -0.1) is 0 Å². The van der Waals surface area contributed by atoms with Crippen LogP contribution in [0, 0.1) is 0 Å². The molecule has 1 saturated heterocycles. The Morgan fingerprint density at radius 2 is 2.33 bits per heavy atom. The molecule has 0 atom stereocenters. The van der Waals surface area contributed by atoms with Crippen molar-refractivity contribution >= 4 is 23.4 Å². The number of hydrogen-bond donors (Lipinski definition) is 1. The van der Waals surface area contributed by atoms with Gasteiger partial charge in [0.25, 0.3) is 0 Å². The fraction of sp³-hybridized carbons (Fsp3) is 0.300. The predicted octanol–water partition coefficient (Wildman–Crippen LogP) is 1.76. The van der Waals surface area contributed by atoms with E-state index in [-0.39, 0.29) is 6.09 Å². The van der Waals surface area contributed by atoms with E-state index in [1.54, 1.807) is 23.1 Å². The molecule has 5 heteroatoms. The van der Waals surface area contributed by atoms with Crippen LogP contribution in [0.15, 0.2) is 18.2 Å². The van der Waals surface area contributed by atoms with Gasteiger partial charge >= 0.3 is 6.09 Å². The number of anilines is 1. The van der Waals surface area contributed by atoms with Crippen molar-refractivity contribution in [2.24, 2.45) is 5.73 Å². The van der Waals surface area contributed by atoms with Crippen molar-refractivity contribution < 1.29 is 9.53 Å². The Kier molecular flexibility index (Phi) is 2.79. The van der Waals surface area contributed by atoms with Gasteiger partial charge in [0.2, 0.25) is 0 Å². The molecular weight excluding hydrogens is 216 g/mol. The van der Waals surface area contributed by atoms with E-state index in [2.05, 4.69) is 0 Å². The second-order valence-corrected chi connectivity index (χ2v) is 3.68. The fourth-order valence-corrected chi connectivity index (χ4v) is 1.79. The van der Waals surface area contributed by atoms with E-state index in [0.717, 1.165) is 11.3 Å². The number of halogens is 1. The van der Waals surface area contributed by atoms with Gasteiger partial charge in [-0.2, -0.15) is 0 Å². The zero-order chi connectivity index (χ0) is 10.8. The topological polar surface area (TPSA) is 55.6 Å². The average Bonchev–Trinajstić information content (AvgIpc) is 2.64. The van der Waals surface area contributed by atoms with Crippen LogP contribution in [0.5, 0.6) is 0 Å². The standard InChI is InChI=1S/C10H11ClN2O2/c11-8-1-2-9(7(5-8)6-12)13-3-4-15-10(13)14/h1-2,5H,3-4,6,12H2. The summed E-state index contributed by atoms with van der Waals surface area (Å²) in [6, 6.07) is 5.29. The van der Waals surface area contributed by atoms with Crippen molar-refractivity contribution in [1.82, 2.24) is 0 Å². The Morgan fingerprint density at radius 1 is 1.53 bits per heavy atom. The first kappa shape index (κ1) is 10.3. The molecule has 1 aliphatic rings. The maximum atomic E-state index is 11.4. The van der Waals surface area contributed by atoms with Crippen LogP contribution in [0.3, 0.4) is 0 Å². The highest BCUT2D eigenvalue weighted by Gasteiger charge is 2.25. The molecule has 1 heterocycles. The molecule has 0 spiro atoms. The van der Waals surface area contributed by atoms with Crippen LogP contribution < -0.4 is 10.6 Å². The molecule has 0 aromatic heterocycles. The van der Waals surface area contributed by atoms with Crippen molar-refractivity contribution in [3.8, 4) is 0 Å². The van der Waals surface area contributed by atoms with Gasteiger partial charge in [0, 0.05) is 11.6 Å². The van der Waals surface area contributed by atoms with Gasteiger partial charge in [0.15, 0.2) is 0 Å². The second-order valence-electron chi connectivity index (χ2n) is 3.24. The summed E-state index contributed by atoms with van der Waals surface area (Å²) in [6.45, 7) is 1.33. The average molecular weight is 227 g/mol. The molecule has 1 aromatic carbocycles. The molecule has 0 radical (unpaired) electrons. The lowest BCUT2D eigenvalue weighted by molar-refractivity contribution is 0.181. The third-order valence-corrected chi connectivity index (χ3v) is 2.55. The maximum Gasteiger partial charge on any atom is 0.414 e. The molecule has 1 aliphatic heterocycles. The number of benzene rings is 1. The van der Waals surface area contributed by atoms with E-state index in [1.807, 2.05) is 0 Å². The van der Waals surface area contributed by atoms with Crippen LogP contribution in [0.25, 0.3) is 0 Å². The SMILES string of the molecule is NCc1cc(Cl)ccc1N1CCOC1=O. The first-order valence-corrected chi connectivity index (χ1v) is 5.03. The largest absolute Gasteiger partial charge is 0.447 e. The number of carbonyl (C=O) groups is 1. The van der Waals surface area contributed by atoms with Gasteiger partial charge in [-0.3, -0.25) is 4.90 Å². The highest BCUT2D eigenvalue weighted by Crippen LogP contribution is 2.26. The number of amides is 1. The zero-order valence-corrected chi connectivity index (χ0v) is 8.83. The lowest BCUT2D eigenvalue weighted by Gasteiger charge is -2.16. The normalized spacial score (nSPS) is 15.6. The van der Waals surface area contributed by atoms with Gasteiger partial charge in [-0.1, -0.05) is 11.6 Å². The van der Waals surface area contributed by atoms with Crippen molar-refractivity contribution in [2.75, 3.05) is 18.1 Å². The molecular formula is C10H11ClN2O2. The van der Waals surface area contributed by atoms with Crippen molar-refractivity contribution in [3.05, 3.63) is 28.8 Å². The molecule has 80 valence electrons. The summed E-state index contributed by atoms with van der Waals surface area (Å²) in [4.78, 5) is 12.9. The minimum atomic E-state index is -0.327. The quantitative estimate of drug-likeness (QED) is 0.836. The highest BCUT2D eigenvalue weighted by atomic mass is 35.5. The van der Waals surface area contributed by atoms with Crippen molar-refractivity contribution in [1.29, 1.82) is 0 Å². The maximum absolute atomic E-state index is 11.4. The number of rotatable bonds is 2.